The van der Waals surface area contributed by atoms with E-state index in [9.17, 15) is 9.59 Å². The van der Waals surface area contributed by atoms with Crippen LogP contribution in [0.3, 0.4) is 0 Å². The molecule has 142 valence electrons. The third-order valence-electron chi connectivity index (χ3n) is 4.64. The standard InChI is InChI=1S/C21H28O5/c1-3-4-5-6-7-8-9-18(19-14-15(2)21(24)26-19)25-17-12-10-16(11-13-17)20(22)23/h10-13,18-19H,2-9,14H2,1H3,(H,22,23). The first-order valence-electron chi connectivity index (χ1n) is 9.40. The van der Waals surface area contributed by atoms with Gasteiger partial charge in [0.2, 0.25) is 0 Å². The lowest BCUT2D eigenvalue weighted by atomic mass is 10.0. The highest BCUT2D eigenvalue weighted by atomic mass is 16.6. The minimum absolute atomic E-state index is 0.213. The molecule has 1 saturated heterocycles. The van der Waals surface area contributed by atoms with E-state index in [1.54, 1.807) is 12.1 Å². The zero-order valence-electron chi connectivity index (χ0n) is 15.4. The van der Waals surface area contributed by atoms with Crippen molar-refractivity contribution >= 4 is 11.9 Å². The van der Waals surface area contributed by atoms with Crippen molar-refractivity contribution in [2.24, 2.45) is 0 Å². The zero-order chi connectivity index (χ0) is 18.9. The number of rotatable bonds is 11. The SMILES string of the molecule is C=C1CC(C(CCCCCCCC)Oc2ccc(C(=O)O)cc2)OC1=O. The summed E-state index contributed by atoms with van der Waals surface area (Å²) in [6.45, 7) is 5.94. The van der Waals surface area contributed by atoms with Gasteiger partial charge < -0.3 is 14.6 Å². The molecule has 0 aliphatic carbocycles. The summed E-state index contributed by atoms with van der Waals surface area (Å²) >= 11 is 0. The molecule has 0 saturated carbocycles. The second-order valence-corrected chi connectivity index (χ2v) is 6.79. The number of carboxylic acids is 1. The fourth-order valence-electron chi connectivity index (χ4n) is 3.09. The third-order valence-corrected chi connectivity index (χ3v) is 4.64. The molecule has 2 atom stereocenters. The number of carbonyl (C=O) groups excluding carboxylic acids is 1. The van der Waals surface area contributed by atoms with Crippen LogP contribution in [0.15, 0.2) is 36.4 Å². The molecular weight excluding hydrogens is 332 g/mol. The van der Waals surface area contributed by atoms with Gasteiger partial charge in [0.1, 0.15) is 18.0 Å². The molecule has 1 heterocycles. The Morgan fingerprint density at radius 1 is 1.23 bits per heavy atom. The van der Waals surface area contributed by atoms with Gasteiger partial charge in [0.15, 0.2) is 0 Å². The van der Waals surface area contributed by atoms with Gasteiger partial charge in [-0.3, -0.25) is 0 Å². The van der Waals surface area contributed by atoms with Crippen molar-refractivity contribution in [3.05, 3.63) is 42.0 Å². The van der Waals surface area contributed by atoms with E-state index in [4.69, 9.17) is 14.6 Å². The van der Waals surface area contributed by atoms with Gasteiger partial charge in [0, 0.05) is 12.0 Å². The Bertz CT molecular complexity index is 604. The highest BCUT2D eigenvalue weighted by molar-refractivity contribution is 5.90. The van der Waals surface area contributed by atoms with Gasteiger partial charge >= 0.3 is 11.9 Å². The van der Waals surface area contributed by atoms with Crippen molar-refractivity contribution in [2.45, 2.75) is 70.5 Å². The number of hydrogen-bond acceptors (Lipinski definition) is 4. The number of carboxylic acid groups (broad SMARTS) is 1. The lowest BCUT2D eigenvalue weighted by molar-refractivity contribution is -0.142. The average molecular weight is 360 g/mol. The monoisotopic (exact) mass is 360 g/mol. The maximum atomic E-state index is 11.7. The first-order valence-corrected chi connectivity index (χ1v) is 9.40. The third kappa shape index (κ3) is 5.90. The summed E-state index contributed by atoms with van der Waals surface area (Å²) in [5.41, 5.74) is 0.693. The Balaban J connectivity index is 1.94. The quantitative estimate of drug-likeness (QED) is 0.350. The fourth-order valence-corrected chi connectivity index (χ4v) is 3.09. The van der Waals surface area contributed by atoms with Crippen LogP contribution in [0.2, 0.25) is 0 Å². The molecule has 1 aliphatic rings. The maximum absolute atomic E-state index is 11.7. The number of hydrogen-bond donors (Lipinski definition) is 1. The molecule has 1 aromatic rings. The lowest BCUT2D eigenvalue weighted by Crippen LogP contribution is -2.31. The van der Waals surface area contributed by atoms with Crippen molar-refractivity contribution in [3.8, 4) is 5.75 Å². The first kappa shape index (κ1) is 20.0. The first-order chi connectivity index (χ1) is 12.5. The molecule has 2 rings (SSSR count). The van der Waals surface area contributed by atoms with Gasteiger partial charge in [-0.1, -0.05) is 45.6 Å². The highest BCUT2D eigenvalue weighted by Gasteiger charge is 2.35. The molecule has 0 bridgehead atoms. The van der Waals surface area contributed by atoms with E-state index in [1.807, 2.05) is 0 Å². The molecule has 0 amide bonds. The molecule has 1 aromatic carbocycles. The maximum Gasteiger partial charge on any atom is 0.335 e. The summed E-state index contributed by atoms with van der Waals surface area (Å²) in [5, 5.41) is 8.99. The molecule has 26 heavy (non-hydrogen) atoms. The van der Waals surface area contributed by atoms with Crippen LogP contribution in [0.25, 0.3) is 0 Å². The van der Waals surface area contributed by atoms with Crippen LogP contribution < -0.4 is 4.74 Å². The molecule has 5 nitrogen and oxygen atoms in total. The van der Waals surface area contributed by atoms with Crippen molar-refractivity contribution in [2.75, 3.05) is 0 Å². The topological polar surface area (TPSA) is 72.8 Å². The minimum atomic E-state index is -0.971. The van der Waals surface area contributed by atoms with Gasteiger partial charge in [-0.25, -0.2) is 9.59 Å². The van der Waals surface area contributed by atoms with E-state index in [0.29, 0.717) is 17.7 Å². The van der Waals surface area contributed by atoms with Crippen molar-refractivity contribution in [1.82, 2.24) is 0 Å². The van der Waals surface area contributed by atoms with Crippen LogP contribution >= 0.6 is 0 Å². The number of unbranched alkanes of at least 4 members (excludes halogenated alkanes) is 5. The van der Waals surface area contributed by atoms with Crippen LogP contribution in [-0.4, -0.2) is 29.3 Å². The Kier molecular flexibility index (Phi) is 7.70. The Labute approximate surface area is 155 Å². The summed E-state index contributed by atoms with van der Waals surface area (Å²) in [7, 11) is 0. The van der Waals surface area contributed by atoms with E-state index in [2.05, 4.69) is 13.5 Å². The molecule has 0 radical (unpaired) electrons. The molecule has 1 N–H and O–H groups in total. The fraction of sp³-hybridized carbons (Fsp3) is 0.524. The predicted molar refractivity (Wildman–Crippen MR) is 99.4 cm³/mol. The van der Waals surface area contributed by atoms with Crippen LogP contribution in [0.5, 0.6) is 5.75 Å². The Morgan fingerprint density at radius 3 is 2.46 bits per heavy atom. The summed E-state index contributed by atoms with van der Waals surface area (Å²) in [4.78, 5) is 22.6. The molecule has 0 spiro atoms. The van der Waals surface area contributed by atoms with Crippen LogP contribution in [0, 0.1) is 0 Å². The molecule has 0 aromatic heterocycles. The van der Waals surface area contributed by atoms with E-state index in [1.165, 1.54) is 37.8 Å². The van der Waals surface area contributed by atoms with E-state index in [0.717, 1.165) is 19.3 Å². The number of esters is 1. The van der Waals surface area contributed by atoms with Gasteiger partial charge in [0.25, 0.3) is 0 Å². The van der Waals surface area contributed by atoms with Gasteiger partial charge in [-0.05, 0) is 37.1 Å². The van der Waals surface area contributed by atoms with Crippen molar-refractivity contribution < 1.29 is 24.2 Å². The normalized spacial score (nSPS) is 17.8. The van der Waals surface area contributed by atoms with Crippen LogP contribution in [-0.2, 0) is 9.53 Å². The Hall–Kier alpha value is -2.30. The van der Waals surface area contributed by atoms with Gasteiger partial charge in [0.05, 0.1) is 5.56 Å². The smallest absolute Gasteiger partial charge is 0.335 e. The summed E-state index contributed by atoms with van der Waals surface area (Å²) in [6, 6.07) is 6.31. The lowest BCUT2D eigenvalue weighted by Gasteiger charge is -2.24. The second-order valence-electron chi connectivity index (χ2n) is 6.79. The average Bonchev–Trinajstić information content (AvgIpc) is 2.96. The molecule has 1 fully saturated rings. The highest BCUT2D eigenvalue weighted by Crippen LogP contribution is 2.27. The summed E-state index contributed by atoms with van der Waals surface area (Å²) in [6.07, 6.45) is 7.74. The van der Waals surface area contributed by atoms with Crippen molar-refractivity contribution in [1.29, 1.82) is 0 Å². The second kappa shape index (κ2) is 10.00. The zero-order valence-corrected chi connectivity index (χ0v) is 15.4. The molecular formula is C21H28O5. The van der Waals surface area contributed by atoms with Gasteiger partial charge in [-0.15, -0.1) is 0 Å². The predicted octanol–water partition coefficient (Wildman–Crippen LogP) is 4.75. The Morgan fingerprint density at radius 2 is 1.88 bits per heavy atom. The van der Waals surface area contributed by atoms with Gasteiger partial charge in [-0.2, -0.15) is 0 Å². The van der Waals surface area contributed by atoms with Crippen molar-refractivity contribution in [3.63, 3.8) is 0 Å². The number of benzene rings is 1. The largest absolute Gasteiger partial charge is 0.487 e. The summed E-state index contributed by atoms with van der Waals surface area (Å²) < 4.78 is 11.5. The van der Waals surface area contributed by atoms with E-state index < -0.39 is 5.97 Å². The minimum Gasteiger partial charge on any atom is -0.487 e. The number of ether oxygens (including phenoxy) is 2. The molecule has 2 unspecified atom stereocenters. The van der Waals surface area contributed by atoms with Crippen LogP contribution in [0.1, 0.15) is 68.6 Å². The number of cyclic esters (lactones) is 1. The number of carbonyl (C=O) groups is 2. The molecule has 1 aliphatic heterocycles. The molecule has 5 heteroatoms. The van der Waals surface area contributed by atoms with E-state index in [-0.39, 0.29) is 23.7 Å². The van der Waals surface area contributed by atoms with Crippen LogP contribution in [0.4, 0.5) is 0 Å². The van der Waals surface area contributed by atoms with E-state index >= 15 is 0 Å². The number of aromatic carboxylic acids is 1. The summed E-state index contributed by atoms with van der Waals surface area (Å²) in [5.74, 6) is -0.742.